The Hall–Kier alpha value is -2.33. The summed E-state index contributed by atoms with van der Waals surface area (Å²) in [7, 11) is 0. The number of halogens is 1. The van der Waals surface area contributed by atoms with Gasteiger partial charge in [-0.15, -0.1) is 0 Å². The van der Waals surface area contributed by atoms with Gasteiger partial charge in [0.2, 0.25) is 11.8 Å². The molecule has 1 fully saturated rings. The minimum absolute atomic E-state index is 0.0350. The SMILES string of the molecule is Cc1ccccc1CN(C(=O)CCc1ccccc1Cl)C(C)C(=O)NC1CCCC1. The van der Waals surface area contributed by atoms with Crippen molar-refractivity contribution in [1.82, 2.24) is 10.2 Å². The molecule has 1 saturated carbocycles. The van der Waals surface area contributed by atoms with Gasteiger partial charge in [0, 0.05) is 24.0 Å². The van der Waals surface area contributed by atoms with Crippen LogP contribution in [0.2, 0.25) is 5.02 Å². The molecule has 0 spiro atoms. The Labute approximate surface area is 184 Å². The van der Waals surface area contributed by atoms with Gasteiger partial charge in [-0.3, -0.25) is 9.59 Å². The van der Waals surface area contributed by atoms with Crippen LogP contribution in [0, 0.1) is 6.92 Å². The van der Waals surface area contributed by atoms with Crippen LogP contribution >= 0.6 is 11.6 Å². The highest BCUT2D eigenvalue weighted by Gasteiger charge is 2.28. The second kappa shape index (κ2) is 10.6. The summed E-state index contributed by atoms with van der Waals surface area (Å²) in [4.78, 5) is 27.9. The maximum absolute atomic E-state index is 13.2. The van der Waals surface area contributed by atoms with Crippen molar-refractivity contribution in [3.05, 3.63) is 70.2 Å². The molecule has 1 aliphatic rings. The molecule has 2 aromatic carbocycles. The van der Waals surface area contributed by atoms with Crippen LogP contribution in [0.25, 0.3) is 0 Å². The van der Waals surface area contributed by atoms with E-state index in [1.807, 2.05) is 62.4 Å². The smallest absolute Gasteiger partial charge is 0.242 e. The molecule has 0 aromatic heterocycles. The number of aryl methyl sites for hydroxylation is 2. The van der Waals surface area contributed by atoms with Gasteiger partial charge in [-0.1, -0.05) is 66.9 Å². The van der Waals surface area contributed by atoms with Crippen molar-refractivity contribution in [1.29, 1.82) is 0 Å². The number of nitrogens with one attached hydrogen (secondary N) is 1. The molecule has 3 rings (SSSR count). The van der Waals surface area contributed by atoms with Crippen LogP contribution in [-0.2, 0) is 22.6 Å². The van der Waals surface area contributed by atoms with E-state index in [0.29, 0.717) is 24.4 Å². The first-order valence-electron chi connectivity index (χ1n) is 10.8. The van der Waals surface area contributed by atoms with E-state index in [2.05, 4.69) is 5.32 Å². The second-order valence-corrected chi connectivity index (χ2v) is 8.61. The number of hydrogen-bond donors (Lipinski definition) is 1. The summed E-state index contributed by atoms with van der Waals surface area (Å²) >= 11 is 6.26. The van der Waals surface area contributed by atoms with Gasteiger partial charge in [-0.2, -0.15) is 0 Å². The van der Waals surface area contributed by atoms with Crippen molar-refractivity contribution in [2.45, 2.75) is 71.0 Å². The van der Waals surface area contributed by atoms with E-state index in [1.54, 1.807) is 4.90 Å². The highest BCUT2D eigenvalue weighted by molar-refractivity contribution is 6.31. The lowest BCUT2D eigenvalue weighted by molar-refractivity contribution is -0.140. The number of nitrogens with zero attached hydrogens (tertiary/aromatic N) is 1. The molecule has 4 nitrogen and oxygen atoms in total. The van der Waals surface area contributed by atoms with Crippen LogP contribution in [-0.4, -0.2) is 28.8 Å². The van der Waals surface area contributed by atoms with E-state index in [9.17, 15) is 9.59 Å². The zero-order valence-corrected chi connectivity index (χ0v) is 18.6. The van der Waals surface area contributed by atoms with Crippen molar-refractivity contribution in [3.8, 4) is 0 Å². The lowest BCUT2D eigenvalue weighted by Crippen LogP contribution is -2.49. The third-order valence-corrected chi connectivity index (χ3v) is 6.41. The Morgan fingerprint density at radius 2 is 1.70 bits per heavy atom. The van der Waals surface area contributed by atoms with Gasteiger partial charge in [0.25, 0.3) is 0 Å². The summed E-state index contributed by atoms with van der Waals surface area (Å²) in [5.41, 5.74) is 3.13. The number of amides is 2. The predicted molar refractivity (Wildman–Crippen MR) is 121 cm³/mol. The number of benzene rings is 2. The first-order valence-corrected chi connectivity index (χ1v) is 11.2. The standard InChI is InChI=1S/C25H31ClN2O2/c1-18-9-3-4-11-21(18)17-28(19(2)25(30)27-22-12-6-7-13-22)24(29)16-15-20-10-5-8-14-23(20)26/h3-5,8-11,14,19,22H,6-7,12-13,15-17H2,1-2H3,(H,27,30). The molecule has 0 aliphatic heterocycles. The van der Waals surface area contributed by atoms with Crippen molar-refractivity contribution >= 4 is 23.4 Å². The lowest BCUT2D eigenvalue weighted by atomic mass is 10.1. The Morgan fingerprint density at radius 1 is 1.07 bits per heavy atom. The van der Waals surface area contributed by atoms with Gasteiger partial charge >= 0.3 is 0 Å². The fourth-order valence-corrected chi connectivity index (χ4v) is 4.26. The highest BCUT2D eigenvalue weighted by Crippen LogP contribution is 2.21. The normalized spacial score (nSPS) is 15.0. The Bertz CT molecular complexity index is 877. The topological polar surface area (TPSA) is 49.4 Å². The number of rotatable bonds is 8. The summed E-state index contributed by atoms with van der Waals surface area (Å²) in [6.45, 7) is 4.29. The summed E-state index contributed by atoms with van der Waals surface area (Å²) in [6, 6.07) is 15.3. The Kier molecular flexibility index (Phi) is 7.92. The molecule has 0 radical (unpaired) electrons. The van der Waals surface area contributed by atoms with Crippen LogP contribution < -0.4 is 5.32 Å². The largest absolute Gasteiger partial charge is 0.352 e. The molecule has 160 valence electrons. The van der Waals surface area contributed by atoms with Crippen LogP contribution in [0.5, 0.6) is 0 Å². The maximum atomic E-state index is 13.2. The van der Waals surface area contributed by atoms with Gasteiger partial charge in [0.05, 0.1) is 0 Å². The van der Waals surface area contributed by atoms with Crippen LogP contribution in [0.4, 0.5) is 0 Å². The first-order chi connectivity index (χ1) is 14.5. The predicted octanol–water partition coefficient (Wildman–Crippen LogP) is 5.06. The molecule has 5 heteroatoms. The van der Waals surface area contributed by atoms with E-state index >= 15 is 0 Å². The molecule has 0 bridgehead atoms. The molecule has 30 heavy (non-hydrogen) atoms. The molecular weight excluding hydrogens is 396 g/mol. The van der Waals surface area contributed by atoms with E-state index in [0.717, 1.165) is 42.4 Å². The molecule has 0 heterocycles. The number of carbonyl (C=O) groups excluding carboxylic acids is 2. The minimum Gasteiger partial charge on any atom is -0.352 e. The minimum atomic E-state index is -0.524. The fourth-order valence-electron chi connectivity index (χ4n) is 4.03. The molecule has 0 saturated heterocycles. The summed E-state index contributed by atoms with van der Waals surface area (Å²) in [5, 5.41) is 3.81. The first kappa shape index (κ1) is 22.4. The van der Waals surface area contributed by atoms with Gasteiger partial charge in [0.15, 0.2) is 0 Å². The Balaban J connectivity index is 1.73. The van der Waals surface area contributed by atoms with Crippen molar-refractivity contribution in [2.24, 2.45) is 0 Å². The molecule has 1 atom stereocenters. The van der Waals surface area contributed by atoms with Crippen LogP contribution in [0.3, 0.4) is 0 Å². The molecule has 2 aromatic rings. The molecule has 1 unspecified atom stereocenters. The summed E-state index contributed by atoms with van der Waals surface area (Å²) in [6.07, 6.45) is 5.23. The van der Waals surface area contributed by atoms with E-state index in [1.165, 1.54) is 0 Å². The van der Waals surface area contributed by atoms with Crippen molar-refractivity contribution in [2.75, 3.05) is 0 Å². The fraction of sp³-hybridized carbons (Fsp3) is 0.440. The van der Waals surface area contributed by atoms with Crippen molar-refractivity contribution < 1.29 is 9.59 Å². The molecule has 1 aliphatic carbocycles. The van der Waals surface area contributed by atoms with Crippen LogP contribution in [0.1, 0.15) is 55.7 Å². The van der Waals surface area contributed by atoms with Gasteiger partial charge < -0.3 is 10.2 Å². The maximum Gasteiger partial charge on any atom is 0.242 e. The van der Waals surface area contributed by atoms with Gasteiger partial charge in [0.1, 0.15) is 6.04 Å². The third-order valence-electron chi connectivity index (χ3n) is 6.04. The lowest BCUT2D eigenvalue weighted by Gasteiger charge is -2.30. The average molecular weight is 427 g/mol. The van der Waals surface area contributed by atoms with Crippen molar-refractivity contribution in [3.63, 3.8) is 0 Å². The molecular formula is C25H31ClN2O2. The number of carbonyl (C=O) groups is 2. The quantitative estimate of drug-likeness (QED) is 0.641. The highest BCUT2D eigenvalue weighted by atomic mass is 35.5. The Morgan fingerprint density at radius 3 is 2.37 bits per heavy atom. The molecule has 2 amide bonds. The summed E-state index contributed by atoms with van der Waals surface area (Å²) in [5.74, 6) is -0.103. The average Bonchev–Trinajstić information content (AvgIpc) is 3.25. The van der Waals surface area contributed by atoms with Crippen LogP contribution in [0.15, 0.2) is 48.5 Å². The van der Waals surface area contributed by atoms with Gasteiger partial charge in [-0.05, 0) is 55.9 Å². The monoisotopic (exact) mass is 426 g/mol. The van der Waals surface area contributed by atoms with E-state index in [-0.39, 0.29) is 17.9 Å². The van der Waals surface area contributed by atoms with E-state index in [4.69, 9.17) is 11.6 Å². The number of hydrogen-bond acceptors (Lipinski definition) is 2. The summed E-state index contributed by atoms with van der Waals surface area (Å²) < 4.78 is 0. The zero-order valence-electron chi connectivity index (χ0n) is 17.9. The third kappa shape index (κ3) is 5.85. The molecule has 1 N–H and O–H groups in total. The van der Waals surface area contributed by atoms with E-state index < -0.39 is 6.04 Å². The second-order valence-electron chi connectivity index (χ2n) is 8.21. The zero-order chi connectivity index (χ0) is 21.5. The van der Waals surface area contributed by atoms with Gasteiger partial charge in [-0.25, -0.2) is 0 Å².